The number of thioether (sulfide) groups is 1. The molecule has 1 amide bonds. The van der Waals surface area contributed by atoms with Gasteiger partial charge in [0.15, 0.2) is 0 Å². The number of hydrogen-bond acceptors (Lipinski definition) is 3. The quantitative estimate of drug-likeness (QED) is 0.908. The van der Waals surface area contributed by atoms with Crippen molar-refractivity contribution in [1.82, 2.24) is 0 Å². The number of nitrogens with one attached hydrogen (secondary N) is 1. The zero-order valence-electron chi connectivity index (χ0n) is 10.6. The summed E-state index contributed by atoms with van der Waals surface area (Å²) in [7, 11) is 0. The van der Waals surface area contributed by atoms with Gasteiger partial charge in [0.1, 0.15) is 5.75 Å². The molecule has 0 bridgehead atoms. The van der Waals surface area contributed by atoms with Crippen LogP contribution < -0.4 is 10.1 Å². The van der Waals surface area contributed by atoms with Crippen molar-refractivity contribution in [3.63, 3.8) is 0 Å². The van der Waals surface area contributed by atoms with Gasteiger partial charge in [0.05, 0.1) is 12.3 Å². The van der Waals surface area contributed by atoms with E-state index in [9.17, 15) is 4.79 Å². The van der Waals surface area contributed by atoms with Crippen molar-refractivity contribution in [2.75, 3.05) is 23.4 Å². The Balaban J connectivity index is 2.01. The number of anilines is 1. The lowest BCUT2D eigenvalue weighted by atomic mass is 10.0. The molecule has 1 fully saturated rings. The van der Waals surface area contributed by atoms with Crippen LogP contribution in [0.5, 0.6) is 5.75 Å². The average molecular weight is 265 g/mol. The lowest BCUT2D eigenvalue weighted by molar-refractivity contribution is -0.120. The van der Waals surface area contributed by atoms with Crippen LogP contribution in [0.15, 0.2) is 24.3 Å². The van der Waals surface area contributed by atoms with E-state index in [0.29, 0.717) is 6.61 Å². The SMILES string of the molecule is CCOc1ccccc1NC(=O)C1CCSCC1. The van der Waals surface area contributed by atoms with E-state index in [4.69, 9.17) is 4.74 Å². The number of amides is 1. The smallest absolute Gasteiger partial charge is 0.227 e. The second-order valence-corrected chi connectivity index (χ2v) is 5.53. The summed E-state index contributed by atoms with van der Waals surface area (Å²) in [6.07, 6.45) is 1.96. The van der Waals surface area contributed by atoms with Gasteiger partial charge in [0, 0.05) is 5.92 Å². The lowest BCUT2D eigenvalue weighted by Crippen LogP contribution is -2.26. The van der Waals surface area contributed by atoms with E-state index in [0.717, 1.165) is 35.8 Å². The molecule has 0 saturated carbocycles. The molecule has 0 aromatic heterocycles. The second-order valence-electron chi connectivity index (χ2n) is 4.31. The molecule has 0 atom stereocenters. The Labute approximate surface area is 112 Å². The van der Waals surface area contributed by atoms with Crippen LogP contribution >= 0.6 is 11.8 Å². The number of benzene rings is 1. The van der Waals surface area contributed by atoms with Gasteiger partial charge in [-0.05, 0) is 43.4 Å². The first-order chi connectivity index (χ1) is 8.81. The molecule has 0 radical (unpaired) electrons. The van der Waals surface area contributed by atoms with Crippen LogP contribution in [-0.2, 0) is 4.79 Å². The number of carbonyl (C=O) groups excluding carboxylic acids is 1. The highest BCUT2D eigenvalue weighted by Crippen LogP contribution is 2.27. The lowest BCUT2D eigenvalue weighted by Gasteiger charge is -2.21. The molecular weight excluding hydrogens is 246 g/mol. The van der Waals surface area contributed by atoms with Gasteiger partial charge in [0.2, 0.25) is 5.91 Å². The van der Waals surface area contributed by atoms with Crippen molar-refractivity contribution >= 4 is 23.4 Å². The van der Waals surface area contributed by atoms with Gasteiger partial charge in [-0.15, -0.1) is 0 Å². The van der Waals surface area contributed by atoms with Crippen LogP contribution in [-0.4, -0.2) is 24.0 Å². The molecular formula is C14H19NO2S. The van der Waals surface area contributed by atoms with Gasteiger partial charge in [-0.25, -0.2) is 0 Å². The van der Waals surface area contributed by atoms with Crippen LogP contribution in [0.3, 0.4) is 0 Å². The summed E-state index contributed by atoms with van der Waals surface area (Å²) in [6.45, 7) is 2.55. The van der Waals surface area contributed by atoms with E-state index in [2.05, 4.69) is 5.32 Å². The highest BCUT2D eigenvalue weighted by atomic mass is 32.2. The van der Waals surface area contributed by atoms with Gasteiger partial charge < -0.3 is 10.1 Å². The molecule has 4 heteroatoms. The maximum absolute atomic E-state index is 12.1. The largest absolute Gasteiger partial charge is 0.492 e. The standard InChI is InChI=1S/C14H19NO2S/c1-2-17-13-6-4-3-5-12(13)15-14(16)11-7-9-18-10-8-11/h3-6,11H,2,7-10H2,1H3,(H,15,16). The summed E-state index contributed by atoms with van der Waals surface area (Å²) < 4.78 is 5.51. The molecule has 0 unspecified atom stereocenters. The van der Waals surface area contributed by atoms with E-state index >= 15 is 0 Å². The first-order valence-corrected chi connectivity index (χ1v) is 7.57. The van der Waals surface area contributed by atoms with Crippen LogP contribution in [0.4, 0.5) is 5.69 Å². The van der Waals surface area contributed by atoms with Crippen molar-refractivity contribution in [2.45, 2.75) is 19.8 Å². The predicted octanol–water partition coefficient (Wildman–Crippen LogP) is 3.17. The van der Waals surface area contributed by atoms with Crippen LogP contribution in [0, 0.1) is 5.92 Å². The number of carbonyl (C=O) groups is 1. The minimum Gasteiger partial charge on any atom is -0.492 e. The van der Waals surface area contributed by atoms with Gasteiger partial charge >= 0.3 is 0 Å². The fourth-order valence-electron chi connectivity index (χ4n) is 2.05. The number of ether oxygens (including phenoxy) is 1. The van der Waals surface area contributed by atoms with Gasteiger partial charge in [-0.1, -0.05) is 12.1 Å². The van der Waals surface area contributed by atoms with Crippen molar-refractivity contribution in [3.05, 3.63) is 24.3 Å². The maximum atomic E-state index is 12.1. The molecule has 0 aliphatic carbocycles. The highest BCUT2D eigenvalue weighted by Gasteiger charge is 2.22. The Morgan fingerprint density at radius 2 is 2.11 bits per heavy atom. The molecule has 1 saturated heterocycles. The summed E-state index contributed by atoms with van der Waals surface area (Å²) in [5.74, 6) is 3.21. The normalized spacial score (nSPS) is 16.3. The Bertz CT molecular complexity index is 403. The fraction of sp³-hybridized carbons (Fsp3) is 0.500. The molecule has 3 nitrogen and oxygen atoms in total. The van der Waals surface area contributed by atoms with Gasteiger partial charge in [-0.2, -0.15) is 11.8 Å². The maximum Gasteiger partial charge on any atom is 0.227 e. The van der Waals surface area contributed by atoms with Gasteiger partial charge in [-0.3, -0.25) is 4.79 Å². The van der Waals surface area contributed by atoms with Crippen LogP contribution in [0.1, 0.15) is 19.8 Å². The number of hydrogen-bond donors (Lipinski definition) is 1. The molecule has 1 heterocycles. The van der Waals surface area contributed by atoms with E-state index < -0.39 is 0 Å². The van der Waals surface area contributed by atoms with Crippen LogP contribution in [0.25, 0.3) is 0 Å². The first-order valence-electron chi connectivity index (χ1n) is 6.41. The average Bonchev–Trinajstić information content (AvgIpc) is 2.42. The van der Waals surface area contributed by atoms with Gasteiger partial charge in [0.25, 0.3) is 0 Å². The summed E-state index contributed by atoms with van der Waals surface area (Å²) in [6, 6.07) is 7.60. The van der Waals surface area contributed by atoms with E-state index in [-0.39, 0.29) is 11.8 Å². The number of para-hydroxylation sites is 2. The Hall–Kier alpha value is -1.16. The first kappa shape index (κ1) is 13.3. The third-order valence-corrected chi connectivity index (χ3v) is 4.09. The zero-order chi connectivity index (χ0) is 12.8. The minimum absolute atomic E-state index is 0.127. The van der Waals surface area contributed by atoms with Crippen molar-refractivity contribution in [1.29, 1.82) is 0 Å². The molecule has 98 valence electrons. The van der Waals surface area contributed by atoms with Crippen molar-refractivity contribution in [2.24, 2.45) is 5.92 Å². The molecule has 1 aliphatic rings. The van der Waals surface area contributed by atoms with Crippen molar-refractivity contribution < 1.29 is 9.53 Å². The fourth-order valence-corrected chi connectivity index (χ4v) is 3.15. The second kappa shape index (κ2) is 6.69. The molecule has 2 rings (SSSR count). The molecule has 0 spiro atoms. The molecule has 1 aromatic carbocycles. The monoisotopic (exact) mass is 265 g/mol. The summed E-state index contributed by atoms with van der Waals surface area (Å²) in [5.41, 5.74) is 0.780. The summed E-state index contributed by atoms with van der Waals surface area (Å²) in [5, 5.41) is 2.99. The molecule has 18 heavy (non-hydrogen) atoms. The topological polar surface area (TPSA) is 38.3 Å². The van der Waals surface area contributed by atoms with E-state index in [1.54, 1.807) is 0 Å². The predicted molar refractivity (Wildman–Crippen MR) is 76.3 cm³/mol. The molecule has 1 aliphatic heterocycles. The van der Waals surface area contributed by atoms with E-state index in [1.165, 1.54) is 0 Å². The van der Waals surface area contributed by atoms with E-state index in [1.807, 2.05) is 43.0 Å². The Kier molecular flexibility index (Phi) is 4.93. The van der Waals surface area contributed by atoms with Crippen molar-refractivity contribution in [3.8, 4) is 5.75 Å². The highest BCUT2D eigenvalue weighted by molar-refractivity contribution is 7.99. The minimum atomic E-state index is 0.127. The summed E-state index contributed by atoms with van der Waals surface area (Å²) in [4.78, 5) is 12.1. The third kappa shape index (κ3) is 3.42. The Morgan fingerprint density at radius 1 is 1.39 bits per heavy atom. The zero-order valence-corrected chi connectivity index (χ0v) is 11.5. The number of rotatable bonds is 4. The Morgan fingerprint density at radius 3 is 2.83 bits per heavy atom. The summed E-state index contributed by atoms with van der Waals surface area (Å²) >= 11 is 1.93. The molecule has 1 aromatic rings. The van der Waals surface area contributed by atoms with Crippen LogP contribution in [0.2, 0.25) is 0 Å². The third-order valence-electron chi connectivity index (χ3n) is 3.04. The molecule has 1 N–H and O–H groups in total.